The van der Waals surface area contributed by atoms with Gasteiger partial charge in [0.15, 0.2) is 0 Å². The van der Waals surface area contributed by atoms with E-state index in [1.807, 2.05) is 0 Å². The molecule has 0 aromatic carbocycles. The Labute approximate surface area is 168 Å². The van der Waals surface area contributed by atoms with Gasteiger partial charge in [0.2, 0.25) is 5.39 Å². The van der Waals surface area contributed by atoms with Crippen LogP contribution >= 0.6 is 23.4 Å². The van der Waals surface area contributed by atoms with E-state index >= 15 is 0 Å². The minimum Gasteiger partial charge on any atom is -0.376 e. The SMILES string of the molecule is CC(C)COC1CC(SC2CCC(Cl)CC2)C(OCC(C)C)CC1[N+]#N. The van der Waals surface area contributed by atoms with Crippen LogP contribution in [0.2, 0.25) is 0 Å². The summed E-state index contributed by atoms with van der Waals surface area (Å²) in [6, 6.07) is -0.179. The lowest BCUT2D eigenvalue weighted by atomic mass is 9.90. The van der Waals surface area contributed by atoms with Crippen LogP contribution in [0.15, 0.2) is 0 Å². The van der Waals surface area contributed by atoms with Crippen molar-refractivity contribution in [3.05, 3.63) is 4.98 Å². The molecule has 0 spiro atoms. The van der Waals surface area contributed by atoms with E-state index in [0.29, 0.717) is 34.3 Å². The zero-order chi connectivity index (χ0) is 19.1. The van der Waals surface area contributed by atoms with E-state index in [1.54, 1.807) is 0 Å². The fourth-order valence-electron chi connectivity index (χ4n) is 3.74. The first kappa shape index (κ1) is 22.3. The van der Waals surface area contributed by atoms with Crippen LogP contribution < -0.4 is 0 Å². The van der Waals surface area contributed by atoms with Gasteiger partial charge in [-0.1, -0.05) is 27.7 Å². The number of alkyl halides is 1. The summed E-state index contributed by atoms with van der Waals surface area (Å²) in [4.78, 5) is 3.64. The number of diazo groups is 1. The molecule has 6 heteroatoms. The Bertz CT molecular complexity index is 450. The van der Waals surface area contributed by atoms with Gasteiger partial charge in [-0.3, -0.25) is 0 Å². The molecule has 4 nitrogen and oxygen atoms in total. The summed E-state index contributed by atoms with van der Waals surface area (Å²) in [6.07, 6.45) is 6.38. The predicted molar refractivity (Wildman–Crippen MR) is 111 cm³/mol. The van der Waals surface area contributed by atoms with Gasteiger partial charge < -0.3 is 9.47 Å². The van der Waals surface area contributed by atoms with Crippen LogP contribution in [0.5, 0.6) is 0 Å². The summed E-state index contributed by atoms with van der Waals surface area (Å²) in [5, 5.41) is 10.9. The first-order chi connectivity index (χ1) is 12.4. The van der Waals surface area contributed by atoms with Crippen molar-refractivity contribution in [1.82, 2.24) is 0 Å². The Morgan fingerprint density at radius 2 is 1.54 bits per heavy atom. The smallest absolute Gasteiger partial charge is 0.342 e. The highest BCUT2D eigenvalue weighted by Crippen LogP contribution is 2.40. The summed E-state index contributed by atoms with van der Waals surface area (Å²) in [5.74, 6) is 0.987. The van der Waals surface area contributed by atoms with Gasteiger partial charge in [-0.2, -0.15) is 11.8 Å². The number of hydrogen-bond acceptors (Lipinski definition) is 4. The highest BCUT2D eigenvalue weighted by atomic mass is 35.5. The molecule has 4 unspecified atom stereocenters. The molecular weight excluding hydrogens is 368 g/mol. The maximum atomic E-state index is 9.53. The van der Waals surface area contributed by atoms with Crippen molar-refractivity contribution < 1.29 is 9.47 Å². The molecule has 0 aromatic heterocycles. The van der Waals surface area contributed by atoms with E-state index in [-0.39, 0.29) is 18.2 Å². The highest BCUT2D eigenvalue weighted by molar-refractivity contribution is 8.00. The van der Waals surface area contributed by atoms with Crippen LogP contribution in [0.3, 0.4) is 0 Å². The molecule has 0 saturated heterocycles. The lowest BCUT2D eigenvalue weighted by molar-refractivity contribution is -0.0428. The van der Waals surface area contributed by atoms with Gasteiger partial charge in [0.05, 0.1) is 12.5 Å². The number of thioether (sulfide) groups is 1. The standard InChI is InChI=1S/C20H36ClN2O2S/c1-13(2)11-24-18-10-20(26-16-7-5-15(21)6-8-16)19(9-17(18)23-22)25-12-14(3)4/h13-20H,5-12H2,1-4H3/q+1. The molecule has 2 fully saturated rings. The average Bonchev–Trinajstić information content (AvgIpc) is 2.60. The molecule has 0 radical (unpaired) electrons. The predicted octanol–water partition coefficient (Wildman–Crippen LogP) is 5.74. The molecule has 2 rings (SSSR count). The van der Waals surface area contributed by atoms with E-state index in [0.717, 1.165) is 32.3 Å². The summed E-state index contributed by atoms with van der Waals surface area (Å²) >= 11 is 8.34. The monoisotopic (exact) mass is 403 g/mol. The second-order valence-corrected chi connectivity index (χ2v) is 10.9. The first-order valence-electron chi connectivity index (χ1n) is 10.3. The topological polar surface area (TPSA) is 46.6 Å². The molecule has 0 amide bonds. The van der Waals surface area contributed by atoms with Crippen LogP contribution in [0.25, 0.3) is 4.98 Å². The molecule has 150 valence electrons. The molecule has 4 atom stereocenters. The van der Waals surface area contributed by atoms with Crippen molar-refractivity contribution >= 4 is 23.4 Å². The van der Waals surface area contributed by atoms with Crippen LogP contribution in [0.1, 0.15) is 66.2 Å². The normalized spacial score (nSPS) is 35.6. The minimum atomic E-state index is -0.179. The molecule has 26 heavy (non-hydrogen) atoms. The zero-order valence-electron chi connectivity index (χ0n) is 16.8. The van der Waals surface area contributed by atoms with Crippen molar-refractivity contribution in [1.29, 1.82) is 5.39 Å². The summed E-state index contributed by atoms with van der Waals surface area (Å²) < 4.78 is 12.4. The Morgan fingerprint density at radius 1 is 0.962 bits per heavy atom. The molecular formula is C20H36ClN2O2S+. The van der Waals surface area contributed by atoms with Crippen LogP contribution in [-0.2, 0) is 9.47 Å². The minimum absolute atomic E-state index is 0.0110. The first-order valence-corrected chi connectivity index (χ1v) is 11.6. The number of hydrogen-bond donors (Lipinski definition) is 0. The largest absolute Gasteiger partial charge is 0.376 e. The molecule has 0 bridgehead atoms. The van der Waals surface area contributed by atoms with Crippen LogP contribution in [0.4, 0.5) is 0 Å². The van der Waals surface area contributed by atoms with Crippen molar-refractivity contribution in [3.63, 3.8) is 0 Å². The maximum Gasteiger partial charge on any atom is 0.342 e. The van der Waals surface area contributed by atoms with Crippen molar-refractivity contribution in [2.45, 2.75) is 100 Å². The number of rotatable bonds is 8. The van der Waals surface area contributed by atoms with E-state index < -0.39 is 0 Å². The number of halogens is 1. The summed E-state index contributed by atoms with van der Waals surface area (Å²) in [6.45, 7) is 10.1. The lowest BCUT2D eigenvalue weighted by Gasteiger charge is -2.37. The second-order valence-electron chi connectivity index (χ2n) is 8.73. The fraction of sp³-hybridized carbons (Fsp3) is 1.00. The quantitative estimate of drug-likeness (QED) is 0.383. The van der Waals surface area contributed by atoms with Gasteiger partial charge in [-0.25, -0.2) is 0 Å². The third-order valence-corrected chi connectivity index (χ3v) is 7.33. The van der Waals surface area contributed by atoms with Gasteiger partial charge in [0, 0.05) is 29.1 Å². The van der Waals surface area contributed by atoms with E-state index in [2.05, 4.69) is 44.4 Å². The fourth-order valence-corrected chi connectivity index (χ4v) is 5.69. The van der Waals surface area contributed by atoms with Crippen LogP contribution in [0, 0.1) is 17.2 Å². The van der Waals surface area contributed by atoms with Crippen LogP contribution in [-0.4, -0.2) is 47.3 Å². The molecule has 2 aliphatic rings. The summed E-state index contributed by atoms with van der Waals surface area (Å²) in [5.41, 5.74) is 0. The number of nitrogens with zero attached hydrogens (tertiary/aromatic N) is 2. The lowest BCUT2D eigenvalue weighted by Crippen LogP contribution is -2.46. The molecule has 0 aromatic rings. The third-order valence-electron chi connectivity index (χ3n) is 5.19. The Balaban J connectivity index is 2.00. The van der Waals surface area contributed by atoms with Gasteiger partial charge >= 0.3 is 6.04 Å². The Morgan fingerprint density at radius 3 is 2.08 bits per heavy atom. The van der Waals surface area contributed by atoms with Gasteiger partial charge in [-0.15, -0.1) is 11.6 Å². The zero-order valence-corrected chi connectivity index (χ0v) is 18.3. The van der Waals surface area contributed by atoms with E-state index in [9.17, 15) is 5.39 Å². The molecule has 2 saturated carbocycles. The molecule has 0 heterocycles. The average molecular weight is 404 g/mol. The molecule has 0 N–H and O–H groups in total. The molecule has 2 aliphatic carbocycles. The van der Waals surface area contributed by atoms with Gasteiger partial charge in [0.25, 0.3) is 0 Å². The number of ether oxygens (including phenoxy) is 2. The molecule has 0 aliphatic heterocycles. The van der Waals surface area contributed by atoms with Gasteiger partial charge in [0.1, 0.15) is 11.1 Å². The van der Waals surface area contributed by atoms with Crippen molar-refractivity contribution in [2.75, 3.05) is 13.2 Å². The van der Waals surface area contributed by atoms with E-state index in [4.69, 9.17) is 21.1 Å². The van der Waals surface area contributed by atoms with Crippen molar-refractivity contribution in [3.8, 4) is 0 Å². The Kier molecular flexibility index (Phi) is 9.50. The maximum absolute atomic E-state index is 9.53. The highest BCUT2D eigenvalue weighted by Gasteiger charge is 2.46. The van der Waals surface area contributed by atoms with E-state index in [1.165, 1.54) is 12.8 Å². The third kappa shape index (κ3) is 7.19. The van der Waals surface area contributed by atoms with Crippen molar-refractivity contribution in [2.24, 2.45) is 11.8 Å². The summed E-state index contributed by atoms with van der Waals surface area (Å²) in [7, 11) is 0. The second kappa shape index (κ2) is 11.1. The Hall–Kier alpha value is -0.0200. The van der Waals surface area contributed by atoms with Gasteiger partial charge in [-0.05, 0) is 43.9 Å².